The molecule has 8 nitrogen and oxygen atoms in total. The van der Waals surface area contributed by atoms with Crippen LogP contribution >= 0.6 is 0 Å². The third kappa shape index (κ3) is 4.91. The number of primary sulfonamides is 1. The number of anilines is 1. The highest BCUT2D eigenvalue weighted by Gasteiger charge is 2.19. The number of morpholine rings is 1. The summed E-state index contributed by atoms with van der Waals surface area (Å²) in [4.78, 5) is 14.1. The minimum atomic E-state index is -3.89. The number of methoxy groups -OCH3 is 1. The zero-order valence-corrected chi connectivity index (χ0v) is 14.6. The van der Waals surface area contributed by atoms with Crippen LogP contribution in [-0.2, 0) is 19.5 Å². The van der Waals surface area contributed by atoms with Crippen LogP contribution in [0.3, 0.4) is 0 Å². The number of hydrogen-bond acceptors (Lipinski definition) is 7. The van der Waals surface area contributed by atoms with Crippen molar-refractivity contribution in [3.8, 4) is 0 Å². The standard InChI is InChI=1S/C15H23N3O5S/c1-11(10-18-5-7-23-8-6-18)17-14-4-3-12(24(16,20)21)9-13(14)15(19)22-2/h3-4,9,11,17H,5-8,10H2,1-2H3,(H2,16,20,21). The molecule has 0 aromatic heterocycles. The molecule has 1 aromatic carbocycles. The Morgan fingerprint density at radius 1 is 1.42 bits per heavy atom. The SMILES string of the molecule is COC(=O)c1cc(S(N)(=O)=O)ccc1NC(C)CN1CCOCC1. The van der Waals surface area contributed by atoms with Crippen LogP contribution in [0.1, 0.15) is 17.3 Å². The van der Waals surface area contributed by atoms with Gasteiger partial charge in [0.05, 0.1) is 30.8 Å². The molecule has 2 rings (SSSR count). The summed E-state index contributed by atoms with van der Waals surface area (Å²) in [5.74, 6) is -0.624. The maximum Gasteiger partial charge on any atom is 0.340 e. The van der Waals surface area contributed by atoms with Crippen molar-refractivity contribution in [2.45, 2.75) is 17.9 Å². The van der Waals surface area contributed by atoms with Crippen molar-refractivity contribution in [2.24, 2.45) is 5.14 Å². The molecule has 0 spiro atoms. The van der Waals surface area contributed by atoms with Crippen molar-refractivity contribution in [3.05, 3.63) is 23.8 Å². The van der Waals surface area contributed by atoms with Gasteiger partial charge in [-0.1, -0.05) is 0 Å². The number of benzene rings is 1. The maximum absolute atomic E-state index is 12.0. The number of carbonyl (C=O) groups is 1. The number of carbonyl (C=O) groups excluding carboxylic acids is 1. The van der Waals surface area contributed by atoms with Crippen molar-refractivity contribution in [2.75, 3.05) is 45.3 Å². The smallest absolute Gasteiger partial charge is 0.340 e. The van der Waals surface area contributed by atoms with Crippen molar-refractivity contribution in [1.82, 2.24) is 4.90 Å². The molecule has 0 amide bonds. The fourth-order valence-corrected chi connectivity index (χ4v) is 3.13. The lowest BCUT2D eigenvalue weighted by Crippen LogP contribution is -2.42. The fourth-order valence-electron chi connectivity index (χ4n) is 2.59. The van der Waals surface area contributed by atoms with Gasteiger partial charge in [-0.3, -0.25) is 4.90 Å². The van der Waals surface area contributed by atoms with Gasteiger partial charge in [-0.25, -0.2) is 18.4 Å². The third-order valence-corrected chi connectivity index (χ3v) is 4.67. The number of rotatable bonds is 6. The quantitative estimate of drug-likeness (QED) is 0.702. The van der Waals surface area contributed by atoms with Gasteiger partial charge in [0.2, 0.25) is 10.0 Å². The van der Waals surface area contributed by atoms with Gasteiger partial charge in [0.1, 0.15) is 0 Å². The van der Waals surface area contributed by atoms with Crippen LogP contribution in [-0.4, -0.2) is 65.3 Å². The molecule has 1 heterocycles. The minimum Gasteiger partial charge on any atom is -0.465 e. The molecule has 0 aliphatic carbocycles. The summed E-state index contributed by atoms with van der Waals surface area (Å²) in [5, 5.41) is 8.36. The summed E-state index contributed by atoms with van der Waals surface area (Å²) in [7, 11) is -2.65. The second-order valence-electron chi connectivity index (χ2n) is 5.70. The molecule has 0 bridgehead atoms. The Labute approximate surface area is 142 Å². The van der Waals surface area contributed by atoms with Crippen molar-refractivity contribution in [3.63, 3.8) is 0 Å². The van der Waals surface area contributed by atoms with Gasteiger partial charge < -0.3 is 14.8 Å². The van der Waals surface area contributed by atoms with E-state index in [9.17, 15) is 13.2 Å². The van der Waals surface area contributed by atoms with E-state index in [1.54, 1.807) is 0 Å². The molecule has 3 N–H and O–H groups in total. The molecule has 1 fully saturated rings. The molecule has 24 heavy (non-hydrogen) atoms. The van der Waals surface area contributed by atoms with Gasteiger partial charge in [0.15, 0.2) is 0 Å². The first-order valence-electron chi connectivity index (χ1n) is 7.63. The molecule has 134 valence electrons. The molecule has 1 saturated heterocycles. The summed E-state index contributed by atoms with van der Waals surface area (Å²) < 4.78 is 33.0. The van der Waals surface area contributed by atoms with Gasteiger partial charge in [-0.05, 0) is 25.1 Å². The fraction of sp³-hybridized carbons (Fsp3) is 0.533. The Hall–Kier alpha value is -1.68. The van der Waals surface area contributed by atoms with Crippen LogP contribution in [0.25, 0.3) is 0 Å². The van der Waals surface area contributed by atoms with Crippen LogP contribution in [0, 0.1) is 0 Å². The first-order valence-corrected chi connectivity index (χ1v) is 9.17. The summed E-state index contributed by atoms with van der Waals surface area (Å²) in [6.07, 6.45) is 0. The van der Waals surface area contributed by atoms with E-state index in [1.165, 1.54) is 25.3 Å². The molecule has 1 unspecified atom stereocenters. The summed E-state index contributed by atoms with van der Waals surface area (Å²) in [6.45, 7) is 5.91. The van der Waals surface area contributed by atoms with Gasteiger partial charge in [0.25, 0.3) is 0 Å². The maximum atomic E-state index is 12.0. The monoisotopic (exact) mass is 357 g/mol. The molecule has 1 atom stereocenters. The number of sulfonamides is 1. The molecule has 0 radical (unpaired) electrons. The second kappa shape index (κ2) is 7.93. The number of hydrogen-bond donors (Lipinski definition) is 2. The predicted octanol–water partition coefficient (Wildman–Crippen LogP) is 0.253. The van der Waals surface area contributed by atoms with E-state index in [0.29, 0.717) is 18.9 Å². The molecular weight excluding hydrogens is 334 g/mol. The summed E-state index contributed by atoms with van der Waals surface area (Å²) >= 11 is 0. The van der Waals surface area contributed by atoms with Crippen LogP contribution in [0.5, 0.6) is 0 Å². The molecule has 0 saturated carbocycles. The first-order chi connectivity index (χ1) is 11.3. The van der Waals surface area contributed by atoms with Gasteiger partial charge in [0, 0.05) is 31.4 Å². The molecule has 1 aromatic rings. The molecule has 1 aliphatic heterocycles. The van der Waals surface area contributed by atoms with E-state index >= 15 is 0 Å². The Kier molecular flexibility index (Phi) is 6.16. The third-order valence-electron chi connectivity index (χ3n) is 3.76. The highest BCUT2D eigenvalue weighted by molar-refractivity contribution is 7.89. The Balaban J connectivity index is 2.17. The van der Waals surface area contributed by atoms with E-state index < -0.39 is 16.0 Å². The van der Waals surface area contributed by atoms with E-state index in [-0.39, 0.29) is 16.5 Å². The highest BCUT2D eigenvalue weighted by atomic mass is 32.2. The van der Waals surface area contributed by atoms with Crippen molar-refractivity contribution < 1.29 is 22.7 Å². The normalized spacial score (nSPS) is 17.3. The lowest BCUT2D eigenvalue weighted by atomic mass is 10.1. The zero-order chi connectivity index (χ0) is 17.7. The Morgan fingerprint density at radius 2 is 2.08 bits per heavy atom. The zero-order valence-electron chi connectivity index (χ0n) is 13.8. The van der Waals surface area contributed by atoms with E-state index in [4.69, 9.17) is 14.6 Å². The Bertz CT molecular complexity index is 686. The van der Waals surface area contributed by atoms with Crippen LogP contribution in [0.2, 0.25) is 0 Å². The van der Waals surface area contributed by atoms with Crippen LogP contribution in [0.4, 0.5) is 5.69 Å². The molecule has 9 heteroatoms. The highest BCUT2D eigenvalue weighted by Crippen LogP contribution is 2.22. The number of ether oxygens (including phenoxy) is 2. The van der Waals surface area contributed by atoms with Gasteiger partial charge in [-0.15, -0.1) is 0 Å². The van der Waals surface area contributed by atoms with E-state index in [2.05, 4.69) is 10.2 Å². The first kappa shape index (κ1) is 18.7. The number of nitrogens with one attached hydrogen (secondary N) is 1. The van der Waals surface area contributed by atoms with Crippen LogP contribution in [0.15, 0.2) is 23.1 Å². The van der Waals surface area contributed by atoms with E-state index in [0.717, 1.165) is 19.6 Å². The largest absolute Gasteiger partial charge is 0.465 e. The topological polar surface area (TPSA) is 111 Å². The van der Waals surface area contributed by atoms with Crippen molar-refractivity contribution >= 4 is 21.7 Å². The summed E-state index contributed by atoms with van der Waals surface area (Å²) in [5.41, 5.74) is 0.646. The minimum absolute atomic E-state index is 0.0480. The summed E-state index contributed by atoms with van der Waals surface area (Å²) in [6, 6.07) is 4.17. The van der Waals surface area contributed by atoms with Crippen molar-refractivity contribution in [1.29, 1.82) is 0 Å². The lowest BCUT2D eigenvalue weighted by Gasteiger charge is -2.30. The second-order valence-corrected chi connectivity index (χ2v) is 7.26. The average molecular weight is 357 g/mol. The predicted molar refractivity (Wildman–Crippen MR) is 89.5 cm³/mol. The number of nitrogens with zero attached hydrogens (tertiary/aromatic N) is 1. The molecule has 1 aliphatic rings. The van der Waals surface area contributed by atoms with Gasteiger partial charge in [-0.2, -0.15) is 0 Å². The lowest BCUT2D eigenvalue weighted by molar-refractivity contribution is 0.0368. The molecular formula is C15H23N3O5S. The van der Waals surface area contributed by atoms with Crippen LogP contribution < -0.4 is 10.5 Å². The van der Waals surface area contributed by atoms with E-state index in [1.807, 2.05) is 6.92 Å². The van der Waals surface area contributed by atoms with Gasteiger partial charge >= 0.3 is 5.97 Å². The number of nitrogens with two attached hydrogens (primary N) is 1. The Morgan fingerprint density at radius 3 is 2.67 bits per heavy atom. The average Bonchev–Trinajstić information content (AvgIpc) is 2.54. The number of esters is 1.